The highest BCUT2D eigenvalue weighted by Crippen LogP contribution is 2.33. The molecule has 1 saturated carbocycles. The number of hydrogen-bond acceptors (Lipinski definition) is 7. The maximum absolute atomic E-state index is 10.6. The van der Waals surface area contributed by atoms with Gasteiger partial charge in [-0.2, -0.15) is 26.3 Å². The minimum atomic E-state index is -5.08. The van der Waals surface area contributed by atoms with Crippen LogP contribution in [0.15, 0.2) is 35.7 Å². The van der Waals surface area contributed by atoms with Gasteiger partial charge in [0.05, 0.1) is 36.1 Å². The number of carboxylic acid groups (broad SMARTS) is 2. The Bertz CT molecular complexity index is 1010. The second-order valence-electron chi connectivity index (χ2n) is 8.25. The van der Waals surface area contributed by atoms with Crippen LogP contribution in [0.1, 0.15) is 29.1 Å². The molecule has 0 radical (unpaired) electrons. The molecule has 15 heteroatoms. The number of thiazole rings is 1. The quantitative estimate of drug-likeness (QED) is 0.498. The highest BCUT2D eigenvalue weighted by Gasteiger charge is 2.43. The Morgan fingerprint density at radius 3 is 2.16 bits per heavy atom. The van der Waals surface area contributed by atoms with Crippen LogP contribution in [0.25, 0.3) is 0 Å². The minimum Gasteiger partial charge on any atom is -0.475 e. The topological polar surface area (TPSA) is 109 Å². The number of morpholine rings is 1. The maximum atomic E-state index is 10.6. The van der Waals surface area contributed by atoms with Crippen LogP contribution in [0.3, 0.4) is 0 Å². The summed E-state index contributed by atoms with van der Waals surface area (Å²) in [7, 11) is 0. The maximum Gasteiger partial charge on any atom is 0.490 e. The third-order valence-corrected chi connectivity index (χ3v) is 6.30. The predicted octanol–water partition coefficient (Wildman–Crippen LogP) is 4.67. The first-order chi connectivity index (χ1) is 17.7. The lowest BCUT2D eigenvalue weighted by molar-refractivity contribution is -0.193. The Morgan fingerprint density at radius 1 is 1.08 bits per heavy atom. The van der Waals surface area contributed by atoms with Gasteiger partial charge in [-0.25, -0.2) is 14.6 Å². The summed E-state index contributed by atoms with van der Waals surface area (Å²) in [5.74, 6) is -5.51. The van der Waals surface area contributed by atoms with E-state index >= 15 is 0 Å². The van der Waals surface area contributed by atoms with E-state index in [1.165, 1.54) is 5.56 Å². The summed E-state index contributed by atoms with van der Waals surface area (Å²) >= 11 is 1.68. The lowest BCUT2D eigenvalue weighted by Crippen LogP contribution is -2.51. The molecule has 2 N–H and O–H groups in total. The molecular formula is C23H26F6N2O6S. The molecule has 2 heterocycles. The van der Waals surface area contributed by atoms with Gasteiger partial charge in [-0.05, 0) is 25.3 Å². The molecule has 8 nitrogen and oxygen atoms in total. The molecule has 1 aliphatic carbocycles. The Hall–Kier alpha value is -2.75. The third kappa shape index (κ3) is 10.2. The van der Waals surface area contributed by atoms with Crippen molar-refractivity contribution in [1.82, 2.24) is 9.88 Å². The zero-order valence-electron chi connectivity index (χ0n) is 20.0. The van der Waals surface area contributed by atoms with Crippen molar-refractivity contribution in [2.75, 3.05) is 13.2 Å². The number of carboxylic acids is 2. The SMILES string of the molecule is Cc1nc(CO[C@@H]2CC[C@H]3[C@H]2OCCN3Cc2ccccc2)cs1.O=C(O)C(F)(F)F.O=C(O)C(F)(F)F. The molecule has 2 aromatic rings. The van der Waals surface area contributed by atoms with E-state index in [9.17, 15) is 26.3 Å². The standard InChI is InChI=1S/C19H24N2O2S.2C2HF3O2/c1-14-20-16(13-24-14)12-23-18-8-7-17-19(18)22-10-9-21(17)11-15-5-3-2-4-6-15;2*3-2(4,5)1(6)7/h2-6,13,17-19H,7-12H2,1H3;2*(H,6,7)/t17-,18+,19+;;/m0../s1. The van der Waals surface area contributed by atoms with Crippen LogP contribution >= 0.6 is 11.3 Å². The summed E-state index contributed by atoms with van der Waals surface area (Å²) in [6, 6.07) is 11.2. The molecule has 0 amide bonds. The van der Waals surface area contributed by atoms with E-state index in [0.717, 1.165) is 43.2 Å². The molecular weight excluding hydrogens is 546 g/mol. The molecule has 1 saturated heterocycles. The Labute approximate surface area is 217 Å². The Balaban J connectivity index is 0.000000301. The Kier molecular flexibility index (Phi) is 11.5. The number of benzene rings is 1. The van der Waals surface area contributed by atoms with Crippen LogP contribution in [0, 0.1) is 6.92 Å². The lowest BCUT2D eigenvalue weighted by atomic mass is 10.1. The van der Waals surface area contributed by atoms with Crippen LogP contribution in [0.4, 0.5) is 26.3 Å². The molecule has 3 atom stereocenters. The van der Waals surface area contributed by atoms with E-state index in [2.05, 4.69) is 45.6 Å². The summed E-state index contributed by atoms with van der Waals surface area (Å²) < 4.78 is 75.7. The van der Waals surface area contributed by atoms with Gasteiger partial charge >= 0.3 is 24.3 Å². The summed E-state index contributed by atoms with van der Waals surface area (Å²) in [5, 5.41) is 17.4. The lowest BCUT2D eigenvalue weighted by Gasteiger charge is -2.39. The summed E-state index contributed by atoms with van der Waals surface area (Å²) in [5.41, 5.74) is 2.42. The number of alkyl halides is 6. The first-order valence-electron chi connectivity index (χ1n) is 11.2. The van der Waals surface area contributed by atoms with Gasteiger partial charge in [0, 0.05) is 24.5 Å². The van der Waals surface area contributed by atoms with E-state index in [4.69, 9.17) is 29.3 Å². The number of aliphatic carboxylic acids is 2. The molecule has 4 rings (SSSR count). The molecule has 0 unspecified atom stereocenters. The van der Waals surface area contributed by atoms with Gasteiger partial charge < -0.3 is 19.7 Å². The molecule has 1 aromatic heterocycles. The smallest absolute Gasteiger partial charge is 0.475 e. The first kappa shape index (κ1) is 31.5. The number of aryl methyl sites for hydroxylation is 1. The number of ether oxygens (including phenoxy) is 2. The van der Waals surface area contributed by atoms with Crippen LogP contribution in [0.2, 0.25) is 0 Å². The van der Waals surface area contributed by atoms with Crippen molar-refractivity contribution < 1.29 is 55.6 Å². The van der Waals surface area contributed by atoms with Gasteiger partial charge in [0.2, 0.25) is 0 Å². The normalized spacial score (nSPS) is 21.4. The monoisotopic (exact) mass is 572 g/mol. The minimum absolute atomic E-state index is 0.190. The zero-order valence-corrected chi connectivity index (χ0v) is 20.9. The van der Waals surface area contributed by atoms with E-state index in [-0.39, 0.29) is 12.2 Å². The number of fused-ring (bicyclic) bond motifs is 1. The van der Waals surface area contributed by atoms with Gasteiger partial charge in [0.25, 0.3) is 0 Å². The summed E-state index contributed by atoms with van der Waals surface area (Å²) in [4.78, 5) is 24.8. The molecule has 2 fully saturated rings. The van der Waals surface area contributed by atoms with Crippen LogP contribution in [0.5, 0.6) is 0 Å². The molecule has 212 valence electrons. The average molecular weight is 573 g/mol. The molecule has 1 aromatic carbocycles. The fourth-order valence-corrected chi connectivity index (χ4v) is 4.45. The molecule has 2 aliphatic rings. The van der Waals surface area contributed by atoms with Gasteiger partial charge in [-0.1, -0.05) is 30.3 Å². The van der Waals surface area contributed by atoms with Gasteiger partial charge in [-0.3, -0.25) is 4.90 Å². The van der Waals surface area contributed by atoms with E-state index < -0.39 is 24.3 Å². The fourth-order valence-electron chi connectivity index (χ4n) is 3.85. The highest BCUT2D eigenvalue weighted by atomic mass is 32.1. The van der Waals surface area contributed by atoms with Crippen molar-refractivity contribution in [3.63, 3.8) is 0 Å². The molecule has 1 aliphatic heterocycles. The molecule has 0 spiro atoms. The number of halogens is 6. The van der Waals surface area contributed by atoms with Crippen molar-refractivity contribution in [3.8, 4) is 0 Å². The van der Waals surface area contributed by atoms with Crippen molar-refractivity contribution in [2.45, 2.75) is 63.5 Å². The van der Waals surface area contributed by atoms with Crippen molar-refractivity contribution >= 4 is 23.3 Å². The van der Waals surface area contributed by atoms with Crippen LogP contribution < -0.4 is 0 Å². The van der Waals surface area contributed by atoms with Crippen molar-refractivity contribution in [3.05, 3.63) is 52.0 Å². The average Bonchev–Trinajstić information content (AvgIpc) is 3.44. The summed E-state index contributed by atoms with van der Waals surface area (Å²) in [6.45, 7) is 5.44. The fraction of sp³-hybridized carbons (Fsp3) is 0.522. The number of aromatic nitrogens is 1. The zero-order chi connectivity index (χ0) is 28.5. The van der Waals surface area contributed by atoms with E-state index in [1.54, 1.807) is 11.3 Å². The number of nitrogens with zero attached hydrogens (tertiary/aromatic N) is 2. The van der Waals surface area contributed by atoms with Crippen LogP contribution in [-0.4, -0.2) is 75.8 Å². The number of carbonyl (C=O) groups is 2. The first-order valence-corrected chi connectivity index (χ1v) is 12.1. The molecule has 0 bridgehead atoms. The second-order valence-corrected chi connectivity index (χ2v) is 9.31. The Morgan fingerprint density at radius 2 is 1.66 bits per heavy atom. The predicted molar refractivity (Wildman–Crippen MR) is 122 cm³/mol. The van der Waals surface area contributed by atoms with Crippen molar-refractivity contribution in [1.29, 1.82) is 0 Å². The van der Waals surface area contributed by atoms with Crippen LogP contribution in [-0.2, 0) is 32.2 Å². The molecule has 38 heavy (non-hydrogen) atoms. The number of rotatable bonds is 5. The van der Waals surface area contributed by atoms with E-state index in [0.29, 0.717) is 12.6 Å². The highest BCUT2D eigenvalue weighted by molar-refractivity contribution is 7.09. The van der Waals surface area contributed by atoms with Gasteiger partial charge in [0.15, 0.2) is 0 Å². The third-order valence-electron chi connectivity index (χ3n) is 5.48. The largest absolute Gasteiger partial charge is 0.490 e. The second kappa shape index (κ2) is 13.9. The van der Waals surface area contributed by atoms with Gasteiger partial charge in [0.1, 0.15) is 0 Å². The number of hydrogen-bond donors (Lipinski definition) is 2. The van der Waals surface area contributed by atoms with E-state index in [1.807, 2.05) is 6.92 Å². The van der Waals surface area contributed by atoms with Crippen molar-refractivity contribution in [2.24, 2.45) is 0 Å². The summed E-state index contributed by atoms with van der Waals surface area (Å²) in [6.07, 6.45) is -7.56. The van der Waals surface area contributed by atoms with Gasteiger partial charge in [-0.15, -0.1) is 11.3 Å².